The van der Waals surface area contributed by atoms with E-state index >= 15 is 0 Å². The van der Waals surface area contributed by atoms with Crippen LogP contribution in [0.4, 0.5) is 5.82 Å². The van der Waals surface area contributed by atoms with Gasteiger partial charge in [-0.05, 0) is 36.4 Å². The zero-order valence-corrected chi connectivity index (χ0v) is 15.9. The topological polar surface area (TPSA) is 92.8 Å². The highest BCUT2D eigenvalue weighted by molar-refractivity contribution is 6.31. The van der Waals surface area contributed by atoms with Gasteiger partial charge in [-0.1, -0.05) is 11.6 Å². The molecule has 4 aromatic heterocycles. The third-order valence-electron chi connectivity index (χ3n) is 4.20. The van der Waals surface area contributed by atoms with Crippen LogP contribution in [0.1, 0.15) is 6.92 Å². The lowest BCUT2D eigenvalue weighted by molar-refractivity contribution is -0.114. The number of hydrogen-bond donors (Lipinski definition) is 2. The first kappa shape index (κ1) is 17.9. The predicted octanol–water partition coefficient (Wildman–Crippen LogP) is 4.31. The van der Waals surface area contributed by atoms with E-state index in [0.717, 1.165) is 27.9 Å². The number of rotatable bonds is 4. The highest BCUT2D eigenvalue weighted by Gasteiger charge is 2.19. The van der Waals surface area contributed by atoms with E-state index in [1.54, 1.807) is 31.6 Å². The number of halogens is 1. The van der Waals surface area contributed by atoms with Gasteiger partial charge in [0.2, 0.25) is 5.91 Å². The summed E-state index contributed by atoms with van der Waals surface area (Å²) in [4.78, 5) is 28.0. The molecule has 0 radical (unpaired) electrons. The number of anilines is 1. The molecule has 0 atom stereocenters. The molecule has 140 valence electrons. The number of pyridine rings is 3. The Balaban J connectivity index is 1.94. The Morgan fingerprint density at radius 1 is 1.18 bits per heavy atom. The summed E-state index contributed by atoms with van der Waals surface area (Å²) in [5, 5.41) is 2.97. The molecular formula is C20H16ClN5O2. The summed E-state index contributed by atoms with van der Waals surface area (Å²) in [5.41, 5.74) is 4.73. The van der Waals surface area contributed by atoms with Crippen molar-refractivity contribution in [1.29, 1.82) is 0 Å². The highest BCUT2D eigenvalue weighted by atomic mass is 35.5. The zero-order chi connectivity index (χ0) is 19.7. The van der Waals surface area contributed by atoms with Gasteiger partial charge < -0.3 is 15.0 Å². The maximum atomic E-state index is 11.4. The Morgan fingerprint density at radius 3 is 2.79 bits per heavy atom. The Labute approximate surface area is 165 Å². The van der Waals surface area contributed by atoms with Crippen LogP contribution in [0, 0.1) is 0 Å². The molecule has 4 rings (SSSR count). The molecule has 0 aliphatic carbocycles. The third-order valence-corrected chi connectivity index (χ3v) is 4.47. The van der Waals surface area contributed by atoms with Gasteiger partial charge in [-0.2, -0.15) is 0 Å². The van der Waals surface area contributed by atoms with Gasteiger partial charge in [0.05, 0.1) is 35.1 Å². The van der Waals surface area contributed by atoms with Crippen LogP contribution in [0.25, 0.3) is 33.5 Å². The van der Waals surface area contributed by atoms with Crippen molar-refractivity contribution in [2.45, 2.75) is 6.92 Å². The van der Waals surface area contributed by atoms with Gasteiger partial charge in [-0.3, -0.25) is 9.78 Å². The number of ether oxygens (including phenoxy) is 1. The number of amides is 1. The van der Waals surface area contributed by atoms with Crippen LogP contribution >= 0.6 is 11.6 Å². The van der Waals surface area contributed by atoms with Crippen molar-refractivity contribution in [2.24, 2.45) is 0 Å². The summed E-state index contributed by atoms with van der Waals surface area (Å²) in [6, 6.07) is 11.0. The van der Waals surface area contributed by atoms with Gasteiger partial charge in [0, 0.05) is 24.9 Å². The number of carbonyl (C=O) groups is 1. The molecule has 0 bridgehead atoms. The van der Waals surface area contributed by atoms with Crippen LogP contribution < -0.4 is 10.1 Å². The second-order valence-electron chi connectivity index (χ2n) is 6.08. The maximum Gasteiger partial charge on any atom is 0.222 e. The molecule has 28 heavy (non-hydrogen) atoms. The molecule has 4 aromatic rings. The minimum absolute atomic E-state index is 0.188. The minimum atomic E-state index is -0.188. The van der Waals surface area contributed by atoms with Gasteiger partial charge in [0.1, 0.15) is 5.82 Å². The summed E-state index contributed by atoms with van der Waals surface area (Å²) in [7, 11) is 1.54. The first-order valence-corrected chi connectivity index (χ1v) is 8.86. The fraction of sp³-hybridized carbons (Fsp3) is 0.100. The number of aromatic nitrogens is 4. The fourth-order valence-electron chi connectivity index (χ4n) is 3.03. The largest absolute Gasteiger partial charge is 0.494 e. The normalized spacial score (nSPS) is 10.8. The predicted molar refractivity (Wildman–Crippen MR) is 108 cm³/mol. The molecule has 4 heterocycles. The second kappa shape index (κ2) is 7.28. The van der Waals surface area contributed by atoms with Gasteiger partial charge in [0.25, 0.3) is 0 Å². The van der Waals surface area contributed by atoms with Gasteiger partial charge in [-0.25, -0.2) is 9.97 Å². The number of nitrogens with one attached hydrogen (secondary N) is 2. The lowest BCUT2D eigenvalue weighted by Gasteiger charge is -2.08. The van der Waals surface area contributed by atoms with Crippen LogP contribution in [0.15, 0.2) is 48.8 Å². The number of carbonyl (C=O) groups excluding carboxylic acids is 1. The molecule has 2 N–H and O–H groups in total. The van der Waals surface area contributed by atoms with Crippen LogP contribution in [-0.4, -0.2) is 33.0 Å². The molecule has 0 aromatic carbocycles. The summed E-state index contributed by atoms with van der Waals surface area (Å²) in [6.45, 7) is 1.44. The van der Waals surface area contributed by atoms with Crippen molar-refractivity contribution in [2.75, 3.05) is 12.4 Å². The zero-order valence-electron chi connectivity index (χ0n) is 15.2. The first-order chi connectivity index (χ1) is 13.6. The lowest BCUT2D eigenvalue weighted by atomic mass is 10.0. The second-order valence-corrected chi connectivity index (χ2v) is 6.43. The van der Waals surface area contributed by atoms with Crippen molar-refractivity contribution >= 4 is 34.4 Å². The highest BCUT2D eigenvalue weighted by Crippen LogP contribution is 2.38. The van der Waals surface area contributed by atoms with Gasteiger partial charge >= 0.3 is 0 Å². The van der Waals surface area contributed by atoms with Crippen LogP contribution in [-0.2, 0) is 4.79 Å². The van der Waals surface area contributed by atoms with Crippen LogP contribution in [0.2, 0.25) is 5.15 Å². The molecule has 1 amide bonds. The molecule has 0 unspecified atom stereocenters. The smallest absolute Gasteiger partial charge is 0.222 e. The number of methoxy groups -OCH3 is 1. The van der Waals surface area contributed by atoms with Gasteiger partial charge in [-0.15, -0.1) is 0 Å². The Kier molecular flexibility index (Phi) is 4.67. The Morgan fingerprint density at radius 2 is 2.04 bits per heavy atom. The molecule has 0 fully saturated rings. The monoisotopic (exact) mass is 393 g/mol. The molecule has 0 aliphatic rings. The Hall–Kier alpha value is -3.45. The Bertz CT molecular complexity index is 1190. The van der Waals surface area contributed by atoms with Gasteiger partial charge in [0.15, 0.2) is 10.9 Å². The van der Waals surface area contributed by atoms with Crippen molar-refractivity contribution < 1.29 is 9.53 Å². The number of H-pyrrole nitrogens is 1. The van der Waals surface area contributed by atoms with E-state index in [9.17, 15) is 4.79 Å². The van der Waals surface area contributed by atoms with E-state index in [1.807, 2.05) is 24.3 Å². The van der Waals surface area contributed by atoms with E-state index in [4.69, 9.17) is 16.3 Å². The number of fused-ring (bicyclic) bond motifs is 1. The summed E-state index contributed by atoms with van der Waals surface area (Å²) >= 11 is 6.25. The van der Waals surface area contributed by atoms with Crippen molar-refractivity contribution in [3.05, 3.63) is 53.9 Å². The molecule has 0 saturated heterocycles. The van der Waals surface area contributed by atoms with Crippen molar-refractivity contribution in [3.63, 3.8) is 0 Å². The average Bonchev–Trinajstić information content (AvgIpc) is 3.07. The molecule has 0 spiro atoms. The maximum absolute atomic E-state index is 11.4. The van der Waals surface area contributed by atoms with Crippen molar-refractivity contribution in [1.82, 2.24) is 19.9 Å². The molecular weight excluding hydrogens is 378 g/mol. The van der Waals surface area contributed by atoms with E-state index in [0.29, 0.717) is 17.3 Å². The van der Waals surface area contributed by atoms with Crippen molar-refractivity contribution in [3.8, 4) is 28.3 Å². The fourth-order valence-corrected chi connectivity index (χ4v) is 3.27. The molecule has 0 aliphatic heterocycles. The SMILES string of the molecule is COc1ccc(-c2c(-c3ccnc(NC(C)=O)c3)[nH]c3cccnc23)nc1Cl. The number of aromatic amines is 1. The van der Waals surface area contributed by atoms with Crippen LogP contribution in [0.5, 0.6) is 5.75 Å². The van der Waals surface area contributed by atoms with E-state index < -0.39 is 0 Å². The molecule has 8 heteroatoms. The molecule has 0 saturated carbocycles. The van der Waals surface area contributed by atoms with E-state index in [1.165, 1.54) is 6.92 Å². The standard InChI is InChI=1S/C20H16ClN5O2/c1-11(27)24-16-10-12(7-9-22-16)18-17(19-14(25-18)4-3-8-23-19)13-5-6-15(28-2)20(21)26-13/h3-10,25H,1-2H3,(H,22,24,27). The lowest BCUT2D eigenvalue weighted by Crippen LogP contribution is -2.07. The summed E-state index contributed by atoms with van der Waals surface area (Å²) in [5.74, 6) is 0.770. The van der Waals surface area contributed by atoms with E-state index in [2.05, 4.69) is 25.3 Å². The quantitative estimate of drug-likeness (QED) is 0.504. The average molecular weight is 394 g/mol. The number of nitrogens with zero attached hydrogens (tertiary/aromatic N) is 3. The third kappa shape index (κ3) is 3.27. The molecule has 7 nitrogen and oxygen atoms in total. The minimum Gasteiger partial charge on any atom is -0.494 e. The van der Waals surface area contributed by atoms with E-state index in [-0.39, 0.29) is 11.1 Å². The number of hydrogen-bond acceptors (Lipinski definition) is 5. The summed E-state index contributed by atoms with van der Waals surface area (Å²) in [6.07, 6.45) is 3.36. The van der Waals surface area contributed by atoms with Crippen LogP contribution in [0.3, 0.4) is 0 Å². The summed E-state index contributed by atoms with van der Waals surface area (Å²) < 4.78 is 5.21. The first-order valence-electron chi connectivity index (χ1n) is 8.48.